The number of nitrogens with zero attached hydrogens (tertiary/aromatic N) is 2. The second kappa shape index (κ2) is 4.96. The van der Waals surface area contributed by atoms with E-state index in [2.05, 4.69) is 15.5 Å². The molecule has 96 valence electrons. The largest absolute Gasteiger partial charge is 0.480 e. The van der Waals surface area contributed by atoms with Crippen LogP contribution in [0.1, 0.15) is 10.5 Å². The predicted octanol–water partition coefficient (Wildman–Crippen LogP) is -1.73. The summed E-state index contributed by atoms with van der Waals surface area (Å²) in [4.78, 5) is 35.2. The van der Waals surface area contributed by atoms with Crippen LogP contribution in [-0.2, 0) is 4.79 Å². The molecule has 2 rings (SSSR count). The maximum Gasteiger partial charge on any atom is 0.327 e. The van der Waals surface area contributed by atoms with Crippen molar-refractivity contribution in [2.24, 2.45) is 0 Å². The number of carbonyl (C=O) groups is 2. The van der Waals surface area contributed by atoms with Crippen molar-refractivity contribution >= 4 is 11.9 Å². The molecule has 0 aromatic carbocycles. The minimum absolute atomic E-state index is 0.0303. The lowest BCUT2D eigenvalue weighted by molar-refractivity contribution is -0.142. The highest BCUT2D eigenvalue weighted by Gasteiger charge is 2.32. The number of rotatable bonds is 2. The number of hydrogen-bond donors (Lipinski definition) is 3. The van der Waals surface area contributed by atoms with Crippen LogP contribution in [0.15, 0.2) is 16.9 Å². The van der Waals surface area contributed by atoms with Crippen LogP contribution in [0.2, 0.25) is 0 Å². The topological polar surface area (TPSA) is 115 Å². The number of amides is 1. The van der Waals surface area contributed by atoms with Gasteiger partial charge >= 0.3 is 5.97 Å². The summed E-state index contributed by atoms with van der Waals surface area (Å²) in [6.07, 6.45) is 0. The van der Waals surface area contributed by atoms with E-state index in [4.69, 9.17) is 5.11 Å². The standard InChI is InChI=1S/C10H12N4O4/c15-8-2-1-6(12-13-8)9(16)14-4-3-11-5-7(14)10(17)18/h1-2,7,11H,3-5H2,(H,13,15)(H,17,18). The van der Waals surface area contributed by atoms with Gasteiger partial charge in [0.25, 0.3) is 11.5 Å². The van der Waals surface area contributed by atoms with Gasteiger partial charge in [0.05, 0.1) is 0 Å². The number of aliphatic carboxylic acids is 1. The van der Waals surface area contributed by atoms with E-state index in [1.165, 1.54) is 17.0 Å². The van der Waals surface area contributed by atoms with E-state index in [1.54, 1.807) is 0 Å². The molecule has 2 heterocycles. The number of carbonyl (C=O) groups excluding carboxylic acids is 1. The highest BCUT2D eigenvalue weighted by molar-refractivity contribution is 5.95. The van der Waals surface area contributed by atoms with Gasteiger partial charge in [-0.1, -0.05) is 0 Å². The van der Waals surface area contributed by atoms with Crippen molar-refractivity contribution in [2.75, 3.05) is 19.6 Å². The van der Waals surface area contributed by atoms with Crippen LogP contribution in [0.3, 0.4) is 0 Å². The Morgan fingerprint density at radius 3 is 2.83 bits per heavy atom. The molecule has 0 radical (unpaired) electrons. The molecular weight excluding hydrogens is 240 g/mol. The van der Waals surface area contributed by atoms with Crippen molar-refractivity contribution in [3.63, 3.8) is 0 Å². The summed E-state index contributed by atoms with van der Waals surface area (Å²) in [6.45, 7) is 1.01. The summed E-state index contributed by atoms with van der Waals surface area (Å²) < 4.78 is 0. The Labute approximate surface area is 102 Å². The van der Waals surface area contributed by atoms with Gasteiger partial charge in [-0.3, -0.25) is 9.59 Å². The van der Waals surface area contributed by atoms with Crippen LogP contribution in [0.5, 0.6) is 0 Å². The Morgan fingerprint density at radius 2 is 2.22 bits per heavy atom. The zero-order valence-electron chi connectivity index (χ0n) is 9.42. The van der Waals surface area contributed by atoms with Crippen molar-refractivity contribution in [3.8, 4) is 0 Å². The first-order chi connectivity index (χ1) is 8.59. The predicted molar refractivity (Wildman–Crippen MR) is 60.2 cm³/mol. The van der Waals surface area contributed by atoms with E-state index in [-0.39, 0.29) is 18.8 Å². The van der Waals surface area contributed by atoms with Gasteiger partial charge in [-0.15, -0.1) is 0 Å². The van der Waals surface area contributed by atoms with Crippen LogP contribution in [0.4, 0.5) is 0 Å². The van der Waals surface area contributed by atoms with Crippen LogP contribution in [0, 0.1) is 0 Å². The summed E-state index contributed by atoms with van der Waals surface area (Å²) in [5.74, 6) is -1.57. The molecule has 18 heavy (non-hydrogen) atoms. The monoisotopic (exact) mass is 252 g/mol. The quantitative estimate of drug-likeness (QED) is 0.576. The minimum Gasteiger partial charge on any atom is -0.480 e. The molecule has 1 fully saturated rings. The Hall–Kier alpha value is -2.22. The summed E-state index contributed by atoms with van der Waals surface area (Å²) >= 11 is 0. The molecule has 3 N–H and O–H groups in total. The molecule has 0 spiro atoms. The molecule has 8 nitrogen and oxygen atoms in total. The molecule has 1 aliphatic rings. The van der Waals surface area contributed by atoms with Crippen LogP contribution >= 0.6 is 0 Å². The first-order valence-electron chi connectivity index (χ1n) is 5.40. The third-order valence-electron chi connectivity index (χ3n) is 2.69. The maximum absolute atomic E-state index is 12.1. The molecule has 1 unspecified atom stereocenters. The van der Waals surface area contributed by atoms with Crippen LogP contribution in [-0.4, -0.2) is 57.8 Å². The van der Waals surface area contributed by atoms with Gasteiger partial charge in [-0.25, -0.2) is 9.89 Å². The van der Waals surface area contributed by atoms with Gasteiger partial charge in [0.1, 0.15) is 11.7 Å². The Bertz CT molecular complexity index is 506. The molecule has 8 heteroatoms. The molecule has 1 aromatic heterocycles. The Balaban J connectivity index is 2.23. The number of carboxylic acid groups (broad SMARTS) is 1. The fraction of sp³-hybridized carbons (Fsp3) is 0.400. The number of nitrogens with one attached hydrogen (secondary N) is 2. The number of aromatic amines is 1. The second-order valence-electron chi connectivity index (χ2n) is 3.86. The third-order valence-corrected chi connectivity index (χ3v) is 2.69. The average Bonchev–Trinajstić information content (AvgIpc) is 2.39. The van der Waals surface area contributed by atoms with Crippen LogP contribution < -0.4 is 10.9 Å². The maximum atomic E-state index is 12.1. The van der Waals surface area contributed by atoms with Crippen molar-refractivity contribution in [1.29, 1.82) is 0 Å². The van der Waals surface area contributed by atoms with Crippen molar-refractivity contribution in [3.05, 3.63) is 28.2 Å². The zero-order valence-corrected chi connectivity index (χ0v) is 9.42. The fourth-order valence-electron chi connectivity index (χ4n) is 1.78. The first-order valence-corrected chi connectivity index (χ1v) is 5.40. The summed E-state index contributed by atoms with van der Waals surface area (Å²) in [5, 5.41) is 17.7. The van der Waals surface area contributed by atoms with E-state index in [9.17, 15) is 14.4 Å². The molecule has 1 amide bonds. The van der Waals surface area contributed by atoms with Gasteiger partial charge in [0, 0.05) is 25.7 Å². The van der Waals surface area contributed by atoms with Crippen molar-refractivity contribution < 1.29 is 14.7 Å². The van der Waals surface area contributed by atoms with Crippen molar-refractivity contribution in [2.45, 2.75) is 6.04 Å². The number of carboxylic acids is 1. The fourth-order valence-corrected chi connectivity index (χ4v) is 1.78. The molecular formula is C10H12N4O4. The van der Waals surface area contributed by atoms with Crippen LogP contribution in [0.25, 0.3) is 0 Å². The Morgan fingerprint density at radius 1 is 1.44 bits per heavy atom. The molecule has 0 aliphatic carbocycles. The van der Waals surface area contributed by atoms with Gasteiger partial charge in [-0.2, -0.15) is 5.10 Å². The minimum atomic E-state index is -1.07. The lowest BCUT2D eigenvalue weighted by Gasteiger charge is -2.33. The summed E-state index contributed by atoms with van der Waals surface area (Å²) in [6, 6.07) is 1.54. The number of piperazine rings is 1. The smallest absolute Gasteiger partial charge is 0.327 e. The number of aromatic nitrogens is 2. The summed E-state index contributed by atoms with van der Waals surface area (Å²) in [7, 11) is 0. The molecule has 0 saturated carbocycles. The van der Waals surface area contributed by atoms with E-state index >= 15 is 0 Å². The van der Waals surface area contributed by atoms with Gasteiger partial charge < -0.3 is 15.3 Å². The van der Waals surface area contributed by atoms with E-state index in [0.717, 1.165) is 0 Å². The lowest BCUT2D eigenvalue weighted by atomic mass is 10.1. The third kappa shape index (κ3) is 2.38. The zero-order chi connectivity index (χ0) is 13.1. The molecule has 1 aromatic rings. The average molecular weight is 252 g/mol. The SMILES string of the molecule is O=C(O)C1CNCCN1C(=O)c1ccc(=O)[nH]n1. The normalized spacial score (nSPS) is 19.6. The second-order valence-corrected chi connectivity index (χ2v) is 3.86. The molecule has 1 aliphatic heterocycles. The number of H-pyrrole nitrogens is 1. The molecule has 1 atom stereocenters. The van der Waals surface area contributed by atoms with Gasteiger partial charge in [-0.05, 0) is 6.07 Å². The molecule has 1 saturated heterocycles. The highest BCUT2D eigenvalue weighted by Crippen LogP contribution is 2.08. The van der Waals surface area contributed by atoms with E-state index in [1.807, 2.05) is 0 Å². The first kappa shape index (κ1) is 12.2. The van der Waals surface area contributed by atoms with E-state index in [0.29, 0.717) is 6.54 Å². The van der Waals surface area contributed by atoms with E-state index < -0.39 is 23.5 Å². The molecule has 0 bridgehead atoms. The Kier molecular flexibility index (Phi) is 3.38. The number of hydrogen-bond acceptors (Lipinski definition) is 5. The highest BCUT2D eigenvalue weighted by atomic mass is 16.4. The lowest BCUT2D eigenvalue weighted by Crippen LogP contribution is -2.57. The summed E-state index contributed by atoms with van der Waals surface area (Å²) in [5.41, 5.74) is -0.385. The van der Waals surface area contributed by atoms with Crippen molar-refractivity contribution in [1.82, 2.24) is 20.4 Å². The van der Waals surface area contributed by atoms with Gasteiger partial charge in [0.2, 0.25) is 0 Å². The van der Waals surface area contributed by atoms with Gasteiger partial charge in [0.15, 0.2) is 0 Å².